The summed E-state index contributed by atoms with van der Waals surface area (Å²) in [4.78, 5) is 4.09. The van der Waals surface area contributed by atoms with Crippen molar-refractivity contribution in [3.63, 3.8) is 0 Å². The zero-order valence-electron chi connectivity index (χ0n) is 8.25. The van der Waals surface area contributed by atoms with Gasteiger partial charge in [0.2, 0.25) is 0 Å². The maximum Gasteiger partial charge on any atom is 0.103 e. The lowest BCUT2D eigenvalue weighted by Crippen LogP contribution is -2.05. The number of anilines is 1. The van der Waals surface area contributed by atoms with Crippen LogP contribution in [0.2, 0.25) is 0 Å². The van der Waals surface area contributed by atoms with Crippen molar-refractivity contribution in [1.29, 1.82) is 5.26 Å². The van der Waals surface area contributed by atoms with Gasteiger partial charge in [0, 0.05) is 18.4 Å². The van der Waals surface area contributed by atoms with Crippen LogP contribution in [0.5, 0.6) is 0 Å². The Morgan fingerprint density at radius 1 is 1.64 bits per heavy atom. The summed E-state index contributed by atoms with van der Waals surface area (Å²) in [5.41, 5.74) is 2.51. The molecule has 3 nitrogen and oxygen atoms in total. The van der Waals surface area contributed by atoms with Crippen LogP contribution in [0.1, 0.15) is 24.1 Å². The molecule has 72 valence electrons. The predicted molar refractivity (Wildman–Crippen MR) is 54.9 cm³/mol. The summed E-state index contributed by atoms with van der Waals surface area (Å²) in [5.74, 6) is 0.815. The summed E-state index contributed by atoms with van der Waals surface area (Å²) in [5, 5.41) is 12.2. The van der Waals surface area contributed by atoms with Crippen LogP contribution in [0.4, 0.5) is 5.69 Å². The van der Waals surface area contributed by atoms with Crippen LogP contribution < -0.4 is 5.32 Å². The zero-order valence-corrected chi connectivity index (χ0v) is 8.25. The van der Waals surface area contributed by atoms with E-state index in [4.69, 9.17) is 5.26 Å². The summed E-state index contributed by atoms with van der Waals surface area (Å²) in [6.45, 7) is 2.92. The molecule has 2 rings (SSSR count). The molecule has 0 aliphatic heterocycles. The second kappa shape index (κ2) is 3.67. The van der Waals surface area contributed by atoms with E-state index in [9.17, 15) is 0 Å². The van der Waals surface area contributed by atoms with Gasteiger partial charge in [-0.2, -0.15) is 5.26 Å². The highest BCUT2D eigenvalue weighted by Crippen LogP contribution is 2.29. The Morgan fingerprint density at radius 3 is 3.07 bits per heavy atom. The van der Waals surface area contributed by atoms with Crippen molar-refractivity contribution in [2.24, 2.45) is 5.92 Å². The molecule has 1 saturated carbocycles. The fourth-order valence-corrected chi connectivity index (χ4v) is 1.37. The number of nitrogens with zero attached hydrogens (tertiary/aromatic N) is 2. The molecule has 0 spiro atoms. The third-order valence-electron chi connectivity index (χ3n) is 2.44. The minimum atomic E-state index is 0.635. The van der Waals surface area contributed by atoms with Crippen LogP contribution in [0.3, 0.4) is 0 Å². The lowest BCUT2D eigenvalue weighted by atomic mass is 10.2. The molecule has 14 heavy (non-hydrogen) atoms. The maximum absolute atomic E-state index is 8.86. The van der Waals surface area contributed by atoms with Crippen LogP contribution in [0, 0.1) is 24.2 Å². The van der Waals surface area contributed by atoms with Crippen molar-refractivity contribution >= 4 is 5.69 Å². The summed E-state index contributed by atoms with van der Waals surface area (Å²) < 4.78 is 0. The number of aryl methyl sites for hydroxylation is 1. The van der Waals surface area contributed by atoms with Gasteiger partial charge in [-0.1, -0.05) is 0 Å². The Bertz CT molecular complexity index is 375. The lowest BCUT2D eigenvalue weighted by molar-refractivity contribution is 0.887. The van der Waals surface area contributed by atoms with Gasteiger partial charge in [0.1, 0.15) is 6.07 Å². The van der Waals surface area contributed by atoms with E-state index in [-0.39, 0.29) is 0 Å². The third-order valence-corrected chi connectivity index (χ3v) is 2.44. The molecule has 0 aromatic carbocycles. The number of nitrogens with one attached hydrogen (secondary N) is 1. The van der Waals surface area contributed by atoms with Crippen LogP contribution >= 0.6 is 0 Å². The van der Waals surface area contributed by atoms with Crippen LogP contribution in [-0.2, 0) is 0 Å². The normalized spacial score (nSPS) is 14.9. The number of pyridine rings is 1. The molecule has 3 heteroatoms. The van der Waals surface area contributed by atoms with Crippen molar-refractivity contribution in [2.45, 2.75) is 19.8 Å². The molecule has 0 unspecified atom stereocenters. The van der Waals surface area contributed by atoms with Crippen molar-refractivity contribution in [2.75, 3.05) is 11.9 Å². The average molecular weight is 187 g/mol. The first kappa shape index (κ1) is 9.01. The maximum atomic E-state index is 8.86. The topological polar surface area (TPSA) is 48.7 Å². The highest BCUT2D eigenvalue weighted by atomic mass is 14.9. The van der Waals surface area contributed by atoms with Crippen molar-refractivity contribution in [3.05, 3.63) is 23.5 Å². The van der Waals surface area contributed by atoms with Gasteiger partial charge in [0.05, 0.1) is 11.3 Å². The summed E-state index contributed by atoms with van der Waals surface area (Å²) in [7, 11) is 0. The molecule has 1 heterocycles. The number of rotatable bonds is 3. The Hall–Kier alpha value is -1.56. The van der Waals surface area contributed by atoms with Gasteiger partial charge in [-0.15, -0.1) is 0 Å². The van der Waals surface area contributed by atoms with E-state index in [0.717, 1.165) is 23.8 Å². The second-order valence-corrected chi connectivity index (χ2v) is 3.81. The van der Waals surface area contributed by atoms with E-state index in [0.29, 0.717) is 5.56 Å². The smallest absolute Gasteiger partial charge is 0.103 e. The number of hydrogen-bond donors (Lipinski definition) is 1. The van der Waals surface area contributed by atoms with Gasteiger partial charge in [-0.3, -0.25) is 4.98 Å². The third kappa shape index (κ3) is 2.02. The van der Waals surface area contributed by atoms with E-state index in [1.54, 1.807) is 6.20 Å². The van der Waals surface area contributed by atoms with Crippen molar-refractivity contribution in [3.8, 4) is 6.07 Å². The first-order valence-corrected chi connectivity index (χ1v) is 4.90. The Labute approximate surface area is 83.8 Å². The zero-order chi connectivity index (χ0) is 9.97. The van der Waals surface area contributed by atoms with E-state index in [1.165, 1.54) is 12.8 Å². The molecule has 1 aliphatic rings. The summed E-state index contributed by atoms with van der Waals surface area (Å²) in [6, 6.07) is 4.07. The molecule has 0 bridgehead atoms. The second-order valence-electron chi connectivity index (χ2n) is 3.81. The van der Waals surface area contributed by atoms with Gasteiger partial charge in [0.15, 0.2) is 0 Å². The molecule has 0 amide bonds. The fourth-order valence-electron chi connectivity index (χ4n) is 1.37. The lowest BCUT2D eigenvalue weighted by Gasteiger charge is -2.07. The molecule has 1 fully saturated rings. The standard InChI is InChI=1S/C11H13N3/c1-8-4-11(10(5-12)7-13-8)14-6-9-2-3-9/h4,7,9H,2-3,6H2,1H3,(H,13,14). The Kier molecular flexibility index (Phi) is 2.36. The van der Waals surface area contributed by atoms with Gasteiger partial charge < -0.3 is 5.32 Å². The van der Waals surface area contributed by atoms with E-state index >= 15 is 0 Å². The molecule has 0 saturated heterocycles. The highest BCUT2D eigenvalue weighted by molar-refractivity contribution is 5.56. The van der Waals surface area contributed by atoms with Gasteiger partial charge >= 0.3 is 0 Å². The fraction of sp³-hybridized carbons (Fsp3) is 0.455. The van der Waals surface area contributed by atoms with Crippen LogP contribution in [-0.4, -0.2) is 11.5 Å². The van der Waals surface area contributed by atoms with E-state index in [2.05, 4.69) is 16.4 Å². The molecule has 1 aliphatic carbocycles. The number of aromatic nitrogens is 1. The molecule has 1 aromatic rings. The quantitative estimate of drug-likeness (QED) is 0.788. The van der Waals surface area contributed by atoms with Crippen molar-refractivity contribution < 1.29 is 0 Å². The van der Waals surface area contributed by atoms with E-state index < -0.39 is 0 Å². The number of nitriles is 1. The molecule has 0 radical (unpaired) electrons. The molecular weight excluding hydrogens is 174 g/mol. The minimum absolute atomic E-state index is 0.635. The van der Waals surface area contributed by atoms with Crippen LogP contribution in [0.25, 0.3) is 0 Å². The summed E-state index contributed by atoms with van der Waals surface area (Å²) in [6.07, 6.45) is 4.27. The number of hydrogen-bond acceptors (Lipinski definition) is 3. The van der Waals surface area contributed by atoms with Gasteiger partial charge in [-0.05, 0) is 31.7 Å². The molecule has 1 aromatic heterocycles. The first-order valence-electron chi connectivity index (χ1n) is 4.90. The van der Waals surface area contributed by atoms with Gasteiger partial charge in [0.25, 0.3) is 0 Å². The van der Waals surface area contributed by atoms with E-state index in [1.807, 2.05) is 13.0 Å². The highest BCUT2D eigenvalue weighted by Gasteiger charge is 2.20. The predicted octanol–water partition coefficient (Wildman–Crippen LogP) is 2.08. The van der Waals surface area contributed by atoms with Crippen LogP contribution in [0.15, 0.2) is 12.3 Å². The molecule has 1 N–H and O–H groups in total. The largest absolute Gasteiger partial charge is 0.384 e. The monoisotopic (exact) mass is 187 g/mol. The Balaban J connectivity index is 2.12. The summed E-state index contributed by atoms with van der Waals surface area (Å²) >= 11 is 0. The minimum Gasteiger partial charge on any atom is -0.384 e. The first-order chi connectivity index (χ1) is 6.79. The SMILES string of the molecule is Cc1cc(NCC2CC2)c(C#N)cn1. The molecule has 0 atom stereocenters. The Morgan fingerprint density at radius 2 is 2.43 bits per heavy atom. The average Bonchev–Trinajstić information content (AvgIpc) is 2.98. The molecular formula is C11H13N3. The van der Waals surface area contributed by atoms with Gasteiger partial charge in [-0.25, -0.2) is 0 Å². The van der Waals surface area contributed by atoms with Crippen molar-refractivity contribution in [1.82, 2.24) is 4.98 Å².